The molecular formula is C48H95N2O11PS. The first-order valence-corrected chi connectivity index (χ1v) is 27.0. The smallest absolute Gasteiger partial charge is 0.462 e. The number of carbonyl (C=O) groups is 4. The maximum absolute atomic E-state index is 12.8. The summed E-state index contributed by atoms with van der Waals surface area (Å²) in [4.78, 5) is 58.8. The monoisotopic (exact) mass is 939 g/mol. The molecule has 13 nitrogen and oxygen atoms in total. The molecule has 3 N–H and O–H groups in total. The quantitative estimate of drug-likeness (QED) is 0.0150. The Hall–Kier alpha value is -1.86. The van der Waals surface area contributed by atoms with E-state index < -0.39 is 38.6 Å². The molecule has 0 rings (SSSR count). The van der Waals surface area contributed by atoms with Crippen molar-refractivity contribution in [3.63, 3.8) is 0 Å². The molecule has 0 heterocycles. The fourth-order valence-electron chi connectivity index (χ4n) is 7.00. The van der Waals surface area contributed by atoms with Gasteiger partial charge in [0, 0.05) is 25.8 Å². The number of ether oxygens (including phenoxy) is 3. The van der Waals surface area contributed by atoms with Crippen molar-refractivity contribution in [1.82, 2.24) is 10.6 Å². The molecule has 0 aliphatic heterocycles. The van der Waals surface area contributed by atoms with Crippen LogP contribution in [-0.4, -0.2) is 80.2 Å². The summed E-state index contributed by atoms with van der Waals surface area (Å²) >= 11 is 3.98. The van der Waals surface area contributed by atoms with Crippen molar-refractivity contribution in [3.8, 4) is 0 Å². The van der Waals surface area contributed by atoms with E-state index in [0.717, 1.165) is 38.5 Å². The summed E-state index contributed by atoms with van der Waals surface area (Å²) in [5.74, 6) is -0.722. The Bertz CT molecular complexity index is 1120. The zero-order chi connectivity index (χ0) is 45.6. The van der Waals surface area contributed by atoms with Gasteiger partial charge in [-0.1, -0.05) is 201 Å². The van der Waals surface area contributed by atoms with Gasteiger partial charge in [0.1, 0.15) is 13.2 Å². The van der Waals surface area contributed by atoms with Crippen molar-refractivity contribution in [2.45, 2.75) is 239 Å². The number of nitrogens with one attached hydrogen (secondary N) is 2. The summed E-state index contributed by atoms with van der Waals surface area (Å²) in [7, 11) is -4.62. The van der Waals surface area contributed by atoms with Gasteiger partial charge in [-0.05, 0) is 18.6 Å². The molecule has 0 aliphatic carbocycles. The first-order valence-electron chi connectivity index (χ1n) is 24.9. The van der Waals surface area contributed by atoms with E-state index in [4.69, 9.17) is 23.3 Å². The zero-order valence-electron chi connectivity index (χ0n) is 39.3. The van der Waals surface area contributed by atoms with Gasteiger partial charge in [0.25, 0.3) is 0 Å². The fraction of sp³-hybridized carbons (Fsp3) is 0.917. The summed E-state index contributed by atoms with van der Waals surface area (Å²) in [6.07, 6.45) is 35.4. The lowest BCUT2D eigenvalue weighted by atomic mass is 10.0. The SMILES string of the molecule is C.CCCCCCCCCCCCCCCCCC(=O)OC[C@H](COP(=O)(O)OCCNC(=O)OCCNC(=O)CCS)OC(=O)CCCCCCCCCCCCCCCCC. The highest BCUT2D eigenvalue weighted by Crippen LogP contribution is 2.43. The lowest BCUT2D eigenvalue weighted by Gasteiger charge is -2.20. The number of rotatable bonds is 47. The number of phosphoric ester groups is 1. The van der Waals surface area contributed by atoms with Crippen LogP contribution in [0, 0.1) is 0 Å². The lowest BCUT2D eigenvalue weighted by molar-refractivity contribution is -0.161. The maximum atomic E-state index is 12.8. The Morgan fingerprint density at radius 2 is 0.905 bits per heavy atom. The number of phosphoric acid groups is 1. The molecule has 0 aromatic carbocycles. The molecule has 0 bridgehead atoms. The third-order valence-electron chi connectivity index (χ3n) is 10.7. The standard InChI is InChI=1S/C47H91N2O11PS.CH4/c1-3-5-7-9-11-13-15-17-19-21-23-25-27-29-31-33-45(51)57-41-43(42-59-61(54,55)58-39-37-49-47(53)56-38-36-48-44(50)35-40-62)60-46(52)34-32-30-28-26-24-22-20-18-16-14-12-10-8-6-4-2;/h43,62H,3-42H2,1-2H3,(H,48,50)(H,49,53)(H,54,55);1H4/t43-;/m1./s1. The Morgan fingerprint density at radius 1 is 0.508 bits per heavy atom. The molecule has 15 heteroatoms. The second-order valence-corrected chi connectivity index (χ2v) is 18.6. The van der Waals surface area contributed by atoms with Gasteiger partial charge in [-0.25, -0.2) is 9.36 Å². The number of esters is 2. The highest BCUT2D eigenvalue weighted by atomic mass is 32.1. The average Bonchev–Trinajstić information content (AvgIpc) is 3.25. The van der Waals surface area contributed by atoms with Crippen LogP contribution in [0.5, 0.6) is 0 Å². The van der Waals surface area contributed by atoms with E-state index in [9.17, 15) is 28.6 Å². The topological polar surface area (TPSA) is 176 Å². The largest absolute Gasteiger partial charge is 0.472 e. The van der Waals surface area contributed by atoms with Gasteiger partial charge in [-0.3, -0.25) is 23.4 Å². The molecule has 0 aromatic rings. The highest BCUT2D eigenvalue weighted by Gasteiger charge is 2.26. The Kier molecular flexibility index (Phi) is 48.3. The van der Waals surface area contributed by atoms with Gasteiger partial charge >= 0.3 is 25.9 Å². The molecule has 0 spiro atoms. The van der Waals surface area contributed by atoms with Crippen molar-refractivity contribution in [1.29, 1.82) is 0 Å². The number of amides is 2. The van der Waals surface area contributed by atoms with E-state index in [1.165, 1.54) is 141 Å². The van der Waals surface area contributed by atoms with Gasteiger partial charge in [-0.15, -0.1) is 0 Å². The molecule has 63 heavy (non-hydrogen) atoms. The minimum atomic E-state index is -4.62. The normalized spacial score (nSPS) is 12.5. The third-order valence-corrected chi connectivity index (χ3v) is 12.0. The lowest BCUT2D eigenvalue weighted by Crippen LogP contribution is -2.32. The van der Waals surface area contributed by atoms with E-state index in [0.29, 0.717) is 18.6 Å². The van der Waals surface area contributed by atoms with Gasteiger partial charge in [0.2, 0.25) is 5.91 Å². The summed E-state index contributed by atoms with van der Waals surface area (Å²) < 4.78 is 38.5. The van der Waals surface area contributed by atoms with Crippen LogP contribution in [0.1, 0.15) is 233 Å². The van der Waals surface area contributed by atoms with Crippen molar-refractivity contribution < 1.29 is 51.9 Å². The third kappa shape index (κ3) is 47.9. The van der Waals surface area contributed by atoms with Gasteiger partial charge in [-0.2, -0.15) is 12.6 Å². The first kappa shape index (κ1) is 63.2. The number of hydrogen-bond donors (Lipinski definition) is 4. The minimum Gasteiger partial charge on any atom is -0.462 e. The molecule has 2 amide bonds. The Labute approximate surface area is 390 Å². The van der Waals surface area contributed by atoms with Crippen molar-refractivity contribution >= 4 is 44.4 Å². The van der Waals surface area contributed by atoms with E-state index in [2.05, 4.69) is 37.1 Å². The molecule has 0 saturated heterocycles. The molecular weight excluding hydrogens is 844 g/mol. The van der Waals surface area contributed by atoms with E-state index in [1.807, 2.05) is 0 Å². The van der Waals surface area contributed by atoms with Crippen LogP contribution in [0.4, 0.5) is 4.79 Å². The maximum Gasteiger partial charge on any atom is 0.472 e. The van der Waals surface area contributed by atoms with E-state index in [-0.39, 0.29) is 65.5 Å². The first-order chi connectivity index (χ1) is 30.1. The molecule has 0 fully saturated rings. The number of unbranched alkanes of at least 4 members (excludes halogenated alkanes) is 28. The van der Waals surface area contributed by atoms with Crippen molar-refractivity contribution in [3.05, 3.63) is 0 Å². The van der Waals surface area contributed by atoms with Crippen LogP contribution < -0.4 is 10.6 Å². The van der Waals surface area contributed by atoms with Gasteiger partial charge < -0.3 is 29.7 Å². The summed E-state index contributed by atoms with van der Waals surface area (Å²) in [6.45, 7) is 3.20. The second kappa shape index (κ2) is 48.1. The minimum absolute atomic E-state index is 0. The van der Waals surface area contributed by atoms with Crippen molar-refractivity contribution in [2.24, 2.45) is 0 Å². The molecule has 2 atom stereocenters. The Balaban J connectivity index is 0. The van der Waals surface area contributed by atoms with E-state index in [1.54, 1.807) is 0 Å². The zero-order valence-corrected chi connectivity index (χ0v) is 41.1. The molecule has 1 unspecified atom stereocenters. The summed E-state index contributed by atoms with van der Waals surface area (Å²) in [5, 5.41) is 4.94. The average molecular weight is 939 g/mol. The summed E-state index contributed by atoms with van der Waals surface area (Å²) in [6, 6.07) is 0. The van der Waals surface area contributed by atoms with Crippen molar-refractivity contribution in [2.75, 3.05) is 45.3 Å². The van der Waals surface area contributed by atoms with Crippen LogP contribution in [0.3, 0.4) is 0 Å². The number of carbonyl (C=O) groups excluding carboxylic acids is 4. The van der Waals surface area contributed by atoms with Crippen LogP contribution in [0.15, 0.2) is 0 Å². The molecule has 0 saturated carbocycles. The molecule has 0 aliphatic rings. The van der Waals surface area contributed by atoms with Crippen LogP contribution in [0.25, 0.3) is 0 Å². The van der Waals surface area contributed by atoms with Crippen LogP contribution in [0.2, 0.25) is 0 Å². The number of thiol groups is 1. The van der Waals surface area contributed by atoms with E-state index >= 15 is 0 Å². The van der Waals surface area contributed by atoms with Gasteiger partial charge in [0.15, 0.2) is 6.10 Å². The Morgan fingerprint density at radius 3 is 1.33 bits per heavy atom. The molecule has 0 aromatic heterocycles. The number of alkyl carbamates (subject to hydrolysis) is 1. The predicted octanol–water partition coefficient (Wildman–Crippen LogP) is 12.9. The summed E-state index contributed by atoms with van der Waals surface area (Å²) in [5.41, 5.74) is 0. The number of hydrogen-bond acceptors (Lipinski definition) is 11. The van der Waals surface area contributed by atoms with Crippen LogP contribution in [-0.2, 0) is 42.2 Å². The highest BCUT2D eigenvalue weighted by molar-refractivity contribution is 7.80. The molecule has 0 radical (unpaired) electrons. The van der Waals surface area contributed by atoms with Gasteiger partial charge in [0.05, 0.1) is 19.8 Å². The van der Waals surface area contributed by atoms with Crippen LogP contribution >= 0.6 is 20.5 Å². The predicted molar refractivity (Wildman–Crippen MR) is 259 cm³/mol. The second-order valence-electron chi connectivity index (χ2n) is 16.7. The molecule has 374 valence electrons. The fourth-order valence-corrected chi connectivity index (χ4v) is 7.96.